The van der Waals surface area contributed by atoms with Gasteiger partial charge in [-0.1, -0.05) is 13.8 Å². The molecule has 0 saturated carbocycles. The van der Waals surface area contributed by atoms with Crippen molar-refractivity contribution >= 4 is 71.1 Å². The number of aliphatic hydroxyl groups excluding tert-OH is 2. The molecule has 0 aliphatic rings. The van der Waals surface area contributed by atoms with Crippen LogP contribution in [0.2, 0.25) is 0 Å². The van der Waals surface area contributed by atoms with Crippen LogP contribution in [-0.2, 0) is 57.5 Å². The number of carbonyl (C=O) groups excluding carboxylic acids is 8. The number of nitrogens with one attached hydrogen (secondary N) is 7. The normalized spacial score (nSPS) is 14.8. The Kier molecular flexibility index (Phi) is 23.6. The van der Waals surface area contributed by atoms with Gasteiger partial charge in [0, 0.05) is 12.8 Å². The van der Waals surface area contributed by atoms with Gasteiger partial charge in [0.05, 0.1) is 32.1 Å². The first kappa shape index (κ1) is 53.5. The van der Waals surface area contributed by atoms with Crippen LogP contribution in [0.25, 0.3) is 0 Å². The highest BCUT2D eigenvalue weighted by Crippen LogP contribution is 2.09. The predicted molar refractivity (Wildman–Crippen MR) is 198 cm³/mol. The minimum atomic E-state index is -2.02. The van der Waals surface area contributed by atoms with E-state index in [0.717, 1.165) is 6.92 Å². The Balaban J connectivity index is 6.33. The molecule has 0 bridgehead atoms. The van der Waals surface area contributed by atoms with Crippen molar-refractivity contribution < 1.29 is 88.2 Å². The van der Waals surface area contributed by atoms with E-state index in [2.05, 4.69) is 21.3 Å². The van der Waals surface area contributed by atoms with E-state index in [4.69, 9.17) is 21.7 Å². The number of aliphatic hydroxyl groups is 2. The average Bonchev–Trinajstić information content (AvgIpc) is 3.13. The molecule has 0 radical (unpaired) electrons. The van der Waals surface area contributed by atoms with Crippen LogP contribution in [0.4, 0.5) is 0 Å². The van der Waals surface area contributed by atoms with Crippen LogP contribution in [0.1, 0.15) is 65.7 Å². The number of carboxylic acids is 4. The molecule has 27 heteroatoms. The van der Waals surface area contributed by atoms with Crippen molar-refractivity contribution in [2.24, 2.45) is 17.4 Å². The molecule has 0 unspecified atom stereocenters. The summed E-state index contributed by atoms with van der Waals surface area (Å²) in [4.78, 5) is 148. The largest absolute Gasteiger partial charge is 0.481 e. The van der Waals surface area contributed by atoms with Crippen LogP contribution >= 0.6 is 0 Å². The van der Waals surface area contributed by atoms with Gasteiger partial charge in [-0.25, -0.2) is 4.79 Å². The fourth-order valence-corrected chi connectivity index (χ4v) is 5.02. The van der Waals surface area contributed by atoms with E-state index in [1.54, 1.807) is 13.8 Å². The third-order valence-electron chi connectivity index (χ3n) is 8.01. The van der Waals surface area contributed by atoms with Crippen LogP contribution in [0.3, 0.4) is 0 Å². The zero-order valence-electron chi connectivity index (χ0n) is 32.8. The average molecular weight is 864 g/mol. The second kappa shape index (κ2) is 26.5. The van der Waals surface area contributed by atoms with Crippen molar-refractivity contribution in [1.29, 1.82) is 0 Å². The molecule has 0 aliphatic carbocycles. The van der Waals surface area contributed by atoms with Crippen molar-refractivity contribution in [2.45, 2.75) is 114 Å². The number of nitrogens with two attached hydrogens (primary N) is 2. The van der Waals surface area contributed by atoms with E-state index >= 15 is 0 Å². The molecule has 0 aromatic heterocycles. The van der Waals surface area contributed by atoms with Gasteiger partial charge in [0.2, 0.25) is 47.3 Å². The zero-order chi connectivity index (χ0) is 46.4. The number of hydrogen-bond acceptors (Lipinski definition) is 15. The molecule has 0 aromatic rings. The number of amides is 8. The van der Waals surface area contributed by atoms with Gasteiger partial charge in [0.25, 0.3) is 0 Å². The van der Waals surface area contributed by atoms with Crippen molar-refractivity contribution in [3.63, 3.8) is 0 Å². The SMILES string of the molecule is CC(C)C[C@H](NC(=O)[C@H](CC(N)=O)NC(=O)CN)C(=O)N[C@H](C(=O)N[C@@H](CCC(=O)O)C(=O)N[C@@H](CO)C(=O)N[C@@H](CCC(=O)O)C(=O)N[C@@H](CC(=O)O)C(=O)O)[C@@H](C)O. The summed E-state index contributed by atoms with van der Waals surface area (Å²) in [5.74, 6) is -16.0. The molecule has 0 saturated heterocycles. The Morgan fingerprint density at radius 1 is 0.517 bits per heavy atom. The molecule has 27 nitrogen and oxygen atoms in total. The Morgan fingerprint density at radius 2 is 0.933 bits per heavy atom. The van der Waals surface area contributed by atoms with E-state index in [1.165, 1.54) is 0 Å². The molecule has 0 spiro atoms. The topological polar surface area (TPSA) is 462 Å². The number of hydrogen-bond donors (Lipinski definition) is 15. The van der Waals surface area contributed by atoms with E-state index in [0.29, 0.717) is 0 Å². The number of carbonyl (C=O) groups is 12. The van der Waals surface area contributed by atoms with Crippen molar-refractivity contribution in [1.82, 2.24) is 37.2 Å². The fraction of sp³-hybridized carbons (Fsp3) is 0.636. The van der Waals surface area contributed by atoms with Crippen LogP contribution in [0.5, 0.6) is 0 Å². The monoisotopic (exact) mass is 863 g/mol. The maximum absolute atomic E-state index is 13.5. The third kappa shape index (κ3) is 20.8. The Bertz CT molecular complexity index is 1610. The van der Waals surface area contributed by atoms with Crippen molar-refractivity contribution in [3.05, 3.63) is 0 Å². The summed E-state index contributed by atoms with van der Waals surface area (Å²) in [6.07, 6.45) is -6.61. The van der Waals surface area contributed by atoms with Crippen LogP contribution in [0.15, 0.2) is 0 Å². The summed E-state index contributed by atoms with van der Waals surface area (Å²) in [6.45, 7) is 2.55. The van der Waals surface area contributed by atoms with E-state index in [1.807, 2.05) is 16.0 Å². The molecular weight excluding hydrogens is 810 g/mol. The van der Waals surface area contributed by atoms with Gasteiger partial charge in [0.15, 0.2) is 0 Å². The van der Waals surface area contributed by atoms with Crippen LogP contribution in [0, 0.1) is 5.92 Å². The summed E-state index contributed by atoms with van der Waals surface area (Å²) in [5, 5.41) is 71.6. The molecular formula is C33H53N9O18. The summed E-state index contributed by atoms with van der Waals surface area (Å²) in [6, 6.07) is -12.7. The fourth-order valence-electron chi connectivity index (χ4n) is 5.02. The number of carboxylic acid groups (broad SMARTS) is 4. The molecule has 338 valence electrons. The molecule has 0 fully saturated rings. The van der Waals surface area contributed by atoms with Crippen molar-refractivity contribution in [3.8, 4) is 0 Å². The highest BCUT2D eigenvalue weighted by Gasteiger charge is 2.36. The molecule has 8 amide bonds. The van der Waals surface area contributed by atoms with Gasteiger partial charge in [-0.05, 0) is 32.1 Å². The van der Waals surface area contributed by atoms with Crippen molar-refractivity contribution in [2.75, 3.05) is 13.2 Å². The second-order valence-electron chi connectivity index (χ2n) is 13.6. The van der Waals surface area contributed by atoms with Gasteiger partial charge in [-0.3, -0.25) is 52.7 Å². The smallest absolute Gasteiger partial charge is 0.326 e. The lowest BCUT2D eigenvalue weighted by molar-refractivity contribution is -0.147. The molecule has 0 rings (SSSR count). The first-order valence-corrected chi connectivity index (χ1v) is 18.1. The van der Waals surface area contributed by atoms with Crippen LogP contribution in [-0.4, -0.2) is 163 Å². The summed E-state index contributed by atoms with van der Waals surface area (Å²) >= 11 is 0. The molecule has 8 atom stereocenters. The first-order chi connectivity index (χ1) is 27.8. The molecule has 0 aliphatic heterocycles. The number of aliphatic carboxylic acids is 4. The quantitative estimate of drug-likeness (QED) is 0.0332. The van der Waals surface area contributed by atoms with Gasteiger partial charge < -0.3 is 79.3 Å². The predicted octanol–water partition coefficient (Wildman–Crippen LogP) is -7.08. The standard InChI is InChI=1S/C33H53N9O18/c1-13(2)8-17(39-29(55)18(9-21(35)45)36-22(46)11-34)30(56)42-26(14(3)44)32(58)38-16(5-7-24(49)50)28(54)41-20(12-43)31(57)37-15(4-6-23(47)48)27(53)40-19(33(59)60)10-25(51)52/h13-20,26,43-44H,4-12,34H2,1-3H3,(H2,35,45)(H,36,46)(H,37,57)(H,38,58)(H,39,55)(H,40,53)(H,41,54)(H,42,56)(H,47,48)(H,49,50)(H,51,52)(H,59,60)/t14-,15+,16+,17+,18+,19+,20+,26+/m1/s1. The van der Waals surface area contributed by atoms with Gasteiger partial charge in [0.1, 0.15) is 42.3 Å². The highest BCUT2D eigenvalue weighted by atomic mass is 16.4. The third-order valence-corrected chi connectivity index (χ3v) is 8.01. The van der Waals surface area contributed by atoms with E-state index in [-0.39, 0.29) is 12.3 Å². The highest BCUT2D eigenvalue weighted by molar-refractivity contribution is 5.98. The van der Waals surface area contributed by atoms with Gasteiger partial charge in [-0.15, -0.1) is 0 Å². The molecule has 17 N–H and O–H groups in total. The van der Waals surface area contributed by atoms with E-state index < -0.39 is 171 Å². The number of primary amides is 1. The Labute approximate surface area is 341 Å². The summed E-state index contributed by atoms with van der Waals surface area (Å²) in [7, 11) is 0. The second-order valence-corrected chi connectivity index (χ2v) is 13.6. The molecule has 0 heterocycles. The van der Waals surface area contributed by atoms with Gasteiger partial charge >= 0.3 is 23.9 Å². The molecule has 0 aromatic carbocycles. The maximum atomic E-state index is 13.5. The Morgan fingerprint density at radius 3 is 1.33 bits per heavy atom. The Hall–Kier alpha value is -6.48. The molecule has 60 heavy (non-hydrogen) atoms. The number of rotatable bonds is 29. The van der Waals surface area contributed by atoms with E-state index in [9.17, 15) is 78.0 Å². The summed E-state index contributed by atoms with van der Waals surface area (Å²) in [5.41, 5.74) is 10.4. The maximum Gasteiger partial charge on any atom is 0.326 e. The lowest BCUT2D eigenvalue weighted by Crippen LogP contribution is -2.62. The van der Waals surface area contributed by atoms with Crippen LogP contribution < -0.4 is 48.7 Å². The minimum Gasteiger partial charge on any atom is -0.481 e. The minimum absolute atomic E-state index is 0.102. The van der Waals surface area contributed by atoms with Gasteiger partial charge in [-0.2, -0.15) is 0 Å². The zero-order valence-corrected chi connectivity index (χ0v) is 32.8. The summed E-state index contributed by atoms with van der Waals surface area (Å²) < 4.78 is 0. The lowest BCUT2D eigenvalue weighted by atomic mass is 10.0. The lowest BCUT2D eigenvalue weighted by Gasteiger charge is -2.28. The first-order valence-electron chi connectivity index (χ1n) is 18.1.